The minimum absolute atomic E-state index is 0.0356. The number of nitrogens with one attached hydrogen (secondary N) is 1. The molecule has 1 aliphatic heterocycles. The average Bonchev–Trinajstić information content (AvgIpc) is 2.69. The molecule has 1 fully saturated rings. The van der Waals surface area contributed by atoms with Crippen molar-refractivity contribution in [3.63, 3.8) is 0 Å². The Morgan fingerprint density at radius 1 is 1.17 bits per heavy atom. The molecule has 1 aliphatic rings. The molecule has 1 saturated heterocycles. The maximum absolute atomic E-state index is 12.9. The molecule has 5 nitrogen and oxygen atoms in total. The van der Waals surface area contributed by atoms with Crippen LogP contribution in [0.25, 0.3) is 0 Å². The number of alkyl halides is 3. The van der Waals surface area contributed by atoms with Crippen LogP contribution in [0.5, 0.6) is 0 Å². The maximum atomic E-state index is 12.9. The first-order chi connectivity index (χ1) is 14.0. The number of nitrogens with zero attached hydrogens (tertiary/aromatic N) is 1. The summed E-state index contributed by atoms with van der Waals surface area (Å²) in [5.41, 5.74) is -1.10. The van der Waals surface area contributed by atoms with Crippen LogP contribution in [0.15, 0.2) is 51.8 Å². The Hall–Kier alpha value is -1.62. The third-order valence-electron chi connectivity index (χ3n) is 4.76. The van der Waals surface area contributed by atoms with Gasteiger partial charge in [0.1, 0.15) is 0 Å². The monoisotopic (exact) mass is 524 g/mol. The minimum Gasteiger partial charge on any atom is -0.324 e. The standard InChI is InChI=1S/C19H17BrClF3N2O3S/c20-14-4-6-15(7-5-14)30(28,29)26-9-1-2-12(11-26)18(27)25-17-10-13(19(22,23)24)3-8-16(17)21/h3-8,10,12H,1-2,9,11H2,(H,25,27)/t12-/m1/s1. The molecule has 0 aromatic heterocycles. The zero-order chi connectivity index (χ0) is 22.1. The molecule has 162 valence electrons. The van der Waals surface area contributed by atoms with E-state index in [0.29, 0.717) is 12.8 Å². The zero-order valence-corrected chi connectivity index (χ0v) is 18.6. The Bertz CT molecular complexity index is 1050. The van der Waals surface area contributed by atoms with E-state index in [1.807, 2.05) is 0 Å². The van der Waals surface area contributed by atoms with Gasteiger partial charge in [0.05, 0.1) is 27.1 Å². The largest absolute Gasteiger partial charge is 0.416 e. The molecule has 2 aromatic carbocycles. The van der Waals surface area contributed by atoms with Crippen LogP contribution in [0.2, 0.25) is 5.02 Å². The lowest BCUT2D eigenvalue weighted by atomic mass is 9.98. The molecule has 1 heterocycles. The number of carbonyl (C=O) groups is 1. The molecular formula is C19H17BrClF3N2O3S. The third-order valence-corrected chi connectivity index (χ3v) is 7.50. The van der Waals surface area contributed by atoms with Gasteiger partial charge in [-0.3, -0.25) is 4.79 Å². The number of sulfonamides is 1. The van der Waals surface area contributed by atoms with Gasteiger partial charge in [-0.05, 0) is 55.3 Å². The van der Waals surface area contributed by atoms with Crippen LogP contribution in [0, 0.1) is 5.92 Å². The van der Waals surface area contributed by atoms with Crippen molar-refractivity contribution in [1.82, 2.24) is 4.31 Å². The predicted octanol–water partition coefficient (Wildman–Crippen LogP) is 5.16. The van der Waals surface area contributed by atoms with Crippen molar-refractivity contribution in [2.24, 2.45) is 5.92 Å². The Morgan fingerprint density at radius 2 is 1.83 bits per heavy atom. The predicted molar refractivity (Wildman–Crippen MR) is 111 cm³/mol. The first-order valence-corrected chi connectivity index (χ1v) is 11.5. The van der Waals surface area contributed by atoms with Gasteiger partial charge in [-0.2, -0.15) is 17.5 Å². The van der Waals surface area contributed by atoms with Crippen LogP contribution >= 0.6 is 27.5 Å². The molecule has 0 saturated carbocycles. The van der Waals surface area contributed by atoms with E-state index in [1.54, 1.807) is 12.1 Å². The highest BCUT2D eigenvalue weighted by atomic mass is 79.9. The lowest BCUT2D eigenvalue weighted by molar-refractivity contribution is -0.137. The third kappa shape index (κ3) is 5.16. The molecular weight excluding hydrogens is 509 g/mol. The summed E-state index contributed by atoms with van der Waals surface area (Å²) in [6, 6.07) is 8.79. The molecule has 1 amide bonds. The second-order valence-corrected chi connectivity index (χ2v) is 10.1. The molecule has 30 heavy (non-hydrogen) atoms. The van der Waals surface area contributed by atoms with E-state index in [1.165, 1.54) is 16.4 Å². The Morgan fingerprint density at radius 3 is 2.47 bits per heavy atom. The van der Waals surface area contributed by atoms with Crippen molar-refractivity contribution < 1.29 is 26.4 Å². The van der Waals surface area contributed by atoms with E-state index >= 15 is 0 Å². The molecule has 0 unspecified atom stereocenters. The van der Waals surface area contributed by atoms with Gasteiger partial charge < -0.3 is 5.32 Å². The van der Waals surface area contributed by atoms with E-state index < -0.39 is 33.6 Å². The summed E-state index contributed by atoms with van der Waals surface area (Å²) < 4.78 is 66.5. The lowest BCUT2D eigenvalue weighted by Crippen LogP contribution is -2.43. The zero-order valence-electron chi connectivity index (χ0n) is 15.4. The smallest absolute Gasteiger partial charge is 0.324 e. The van der Waals surface area contributed by atoms with Gasteiger partial charge in [0, 0.05) is 17.6 Å². The number of carbonyl (C=O) groups excluding carboxylic acids is 1. The molecule has 3 rings (SSSR count). The van der Waals surface area contributed by atoms with Gasteiger partial charge in [0.15, 0.2) is 0 Å². The van der Waals surface area contributed by atoms with E-state index in [2.05, 4.69) is 21.2 Å². The Labute approximate surface area is 185 Å². The van der Waals surface area contributed by atoms with Crippen molar-refractivity contribution in [3.05, 3.63) is 57.5 Å². The summed E-state index contributed by atoms with van der Waals surface area (Å²) in [4.78, 5) is 12.8. The number of piperidine rings is 1. The average molecular weight is 526 g/mol. The van der Waals surface area contributed by atoms with E-state index in [9.17, 15) is 26.4 Å². The summed E-state index contributed by atoms with van der Waals surface area (Å²) in [6.45, 7) is 0.188. The van der Waals surface area contributed by atoms with Crippen molar-refractivity contribution in [2.45, 2.75) is 23.9 Å². The molecule has 0 spiro atoms. The van der Waals surface area contributed by atoms with Crippen molar-refractivity contribution in [3.8, 4) is 0 Å². The van der Waals surface area contributed by atoms with E-state index in [-0.39, 0.29) is 28.7 Å². The van der Waals surface area contributed by atoms with Crippen LogP contribution in [0.1, 0.15) is 18.4 Å². The van der Waals surface area contributed by atoms with Crippen LogP contribution in [-0.2, 0) is 21.0 Å². The van der Waals surface area contributed by atoms with Crippen LogP contribution in [0.4, 0.5) is 18.9 Å². The summed E-state index contributed by atoms with van der Waals surface area (Å²) in [6.07, 6.45) is -3.72. The molecule has 0 bridgehead atoms. The van der Waals surface area contributed by atoms with Crippen molar-refractivity contribution >= 4 is 49.1 Å². The number of hydrogen-bond acceptors (Lipinski definition) is 3. The van der Waals surface area contributed by atoms with Gasteiger partial charge >= 0.3 is 6.18 Å². The quantitative estimate of drug-likeness (QED) is 0.600. The second-order valence-electron chi connectivity index (χ2n) is 6.84. The van der Waals surface area contributed by atoms with Crippen molar-refractivity contribution in [2.75, 3.05) is 18.4 Å². The fourth-order valence-corrected chi connectivity index (χ4v) is 5.12. The van der Waals surface area contributed by atoms with Crippen LogP contribution in [0.3, 0.4) is 0 Å². The fourth-order valence-electron chi connectivity index (χ4n) is 3.16. The summed E-state index contributed by atoms with van der Waals surface area (Å²) in [5, 5.41) is 2.38. The van der Waals surface area contributed by atoms with Crippen molar-refractivity contribution in [1.29, 1.82) is 0 Å². The van der Waals surface area contributed by atoms with E-state index in [4.69, 9.17) is 11.6 Å². The number of benzene rings is 2. The van der Waals surface area contributed by atoms with E-state index in [0.717, 1.165) is 22.7 Å². The molecule has 2 aromatic rings. The molecule has 0 radical (unpaired) electrons. The van der Waals surface area contributed by atoms with Gasteiger partial charge in [-0.25, -0.2) is 8.42 Å². The van der Waals surface area contributed by atoms with Crippen LogP contribution in [-0.4, -0.2) is 31.7 Å². The second kappa shape index (κ2) is 8.86. The Balaban J connectivity index is 1.76. The SMILES string of the molecule is O=C(Nc1cc(C(F)(F)F)ccc1Cl)[C@@H]1CCCN(S(=O)(=O)c2ccc(Br)cc2)C1. The van der Waals surface area contributed by atoms with Gasteiger partial charge in [0.2, 0.25) is 15.9 Å². The van der Waals surface area contributed by atoms with Gasteiger partial charge in [-0.1, -0.05) is 27.5 Å². The van der Waals surface area contributed by atoms with Gasteiger partial charge in [-0.15, -0.1) is 0 Å². The maximum Gasteiger partial charge on any atom is 0.416 e. The first kappa shape index (κ1) is 23.1. The van der Waals surface area contributed by atoms with Crippen LogP contribution < -0.4 is 5.32 Å². The summed E-state index contributed by atoms with van der Waals surface area (Å²) in [5.74, 6) is -1.29. The lowest BCUT2D eigenvalue weighted by Gasteiger charge is -2.31. The normalized spacial score (nSPS) is 18.2. The summed E-state index contributed by atoms with van der Waals surface area (Å²) in [7, 11) is -3.79. The number of anilines is 1. The highest BCUT2D eigenvalue weighted by molar-refractivity contribution is 9.10. The minimum atomic E-state index is -4.58. The highest BCUT2D eigenvalue weighted by Crippen LogP contribution is 2.34. The van der Waals surface area contributed by atoms with Gasteiger partial charge in [0.25, 0.3) is 0 Å². The number of rotatable bonds is 4. The number of hydrogen-bond donors (Lipinski definition) is 1. The highest BCUT2D eigenvalue weighted by Gasteiger charge is 2.34. The fraction of sp³-hybridized carbons (Fsp3) is 0.316. The number of amides is 1. The number of halogens is 5. The molecule has 1 atom stereocenters. The first-order valence-electron chi connectivity index (χ1n) is 8.92. The molecule has 1 N–H and O–H groups in total. The summed E-state index contributed by atoms with van der Waals surface area (Å²) >= 11 is 9.18. The molecule has 0 aliphatic carbocycles. The topological polar surface area (TPSA) is 66.5 Å². The Kier molecular flexibility index (Phi) is 6.81. The molecule has 11 heteroatoms.